The number of hydrogen-bond donors (Lipinski definition) is 2. The van der Waals surface area contributed by atoms with Gasteiger partial charge in [0.25, 0.3) is 0 Å². The average molecular weight is 632 g/mol. The van der Waals surface area contributed by atoms with Crippen molar-refractivity contribution in [1.82, 2.24) is 9.55 Å². The maximum absolute atomic E-state index is 13.4. The molecule has 0 radical (unpaired) electrons. The van der Waals surface area contributed by atoms with Crippen LogP contribution in [0.5, 0.6) is 0 Å². The minimum atomic E-state index is -0.967. The summed E-state index contributed by atoms with van der Waals surface area (Å²) >= 11 is 0. The summed E-state index contributed by atoms with van der Waals surface area (Å²) in [6, 6.07) is 40.1. The van der Waals surface area contributed by atoms with Gasteiger partial charge in [0.05, 0.1) is 6.61 Å². The molecule has 4 atom stereocenters. The fraction of sp³-hybridized carbons (Fsp3) is 0.263. The Morgan fingerprint density at radius 2 is 1.32 bits per heavy atom. The molecule has 47 heavy (non-hydrogen) atoms. The molecule has 0 amide bonds. The van der Waals surface area contributed by atoms with Crippen molar-refractivity contribution in [3.63, 3.8) is 0 Å². The van der Waals surface area contributed by atoms with E-state index in [0.717, 1.165) is 22.3 Å². The third-order valence-electron chi connectivity index (χ3n) is 8.78. The van der Waals surface area contributed by atoms with E-state index < -0.39 is 41.6 Å². The van der Waals surface area contributed by atoms with E-state index in [9.17, 15) is 10.0 Å². The van der Waals surface area contributed by atoms with Gasteiger partial charge in [-0.3, -0.25) is 15.3 Å². The predicted octanol–water partition coefficient (Wildman–Crippen LogP) is 6.06. The zero-order valence-corrected chi connectivity index (χ0v) is 26.2. The van der Waals surface area contributed by atoms with Crippen LogP contribution in [-0.2, 0) is 31.0 Å². The highest BCUT2D eigenvalue weighted by molar-refractivity contribution is 5.47. The topological polar surface area (TPSA) is 104 Å². The molecule has 0 bridgehead atoms. The van der Waals surface area contributed by atoms with Gasteiger partial charge >= 0.3 is 5.69 Å². The number of hydrogen-bond acceptors (Lipinski definition) is 8. The maximum Gasteiger partial charge on any atom is 0.351 e. The van der Waals surface area contributed by atoms with E-state index in [1.807, 2.05) is 98.8 Å². The molecule has 4 aromatic carbocycles. The highest BCUT2D eigenvalue weighted by Gasteiger charge is 2.57. The minimum Gasteiger partial charge on any atom is -0.358 e. The van der Waals surface area contributed by atoms with Gasteiger partial charge in [0.2, 0.25) is 0 Å². The summed E-state index contributed by atoms with van der Waals surface area (Å²) in [5.41, 5.74) is 5.03. The average Bonchev–Trinajstić information content (AvgIpc) is 3.60. The zero-order valence-electron chi connectivity index (χ0n) is 26.2. The lowest BCUT2D eigenvalue weighted by Gasteiger charge is -2.37. The van der Waals surface area contributed by atoms with Crippen LogP contribution in [0, 0.1) is 0 Å². The summed E-state index contributed by atoms with van der Waals surface area (Å²) in [5, 5.41) is 9.81. The number of nitrogens with one attached hydrogen (secondary N) is 1. The summed E-state index contributed by atoms with van der Waals surface area (Å²) in [6.07, 6.45) is -0.492. The van der Waals surface area contributed by atoms with Crippen molar-refractivity contribution in [2.45, 2.75) is 56.2 Å². The number of rotatable bonds is 10. The second-order valence-corrected chi connectivity index (χ2v) is 12.3. The van der Waals surface area contributed by atoms with E-state index >= 15 is 0 Å². The summed E-state index contributed by atoms with van der Waals surface area (Å²) in [5.74, 6) is -0.826. The van der Waals surface area contributed by atoms with Crippen molar-refractivity contribution in [3.05, 3.63) is 166 Å². The molecular weight excluding hydrogens is 594 g/mol. The van der Waals surface area contributed by atoms with Gasteiger partial charge in [-0.05, 0) is 36.1 Å². The normalized spacial score (nSPS) is 21.8. The molecule has 2 N–H and O–H groups in total. The number of ether oxygens (including phenoxy) is 4. The first kappa shape index (κ1) is 31.0. The molecule has 9 nitrogen and oxygen atoms in total. The lowest BCUT2D eigenvalue weighted by molar-refractivity contribution is -0.205. The molecule has 240 valence electrons. The summed E-state index contributed by atoms with van der Waals surface area (Å²) in [7, 11) is 0. The van der Waals surface area contributed by atoms with Gasteiger partial charge in [-0.25, -0.2) is 4.79 Å². The van der Waals surface area contributed by atoms with Gasteiger partial charge in [0.1, 0.15) is 23.9 Å². The molecule has 0 spiro atoms. The summed E-state index contributed by atoms with van der Waals surface area (Å²) < 4.78 is 27.9. The molecular formula is C38H37N3O6. The van der Waals surface area contributed by atoms with Crippen LogP contribution < -0.4 is 11.2 Å². The number of nitrogens with zero attached hydrogens (tertiary/aromatic N) is 2. The molecule has 2 aliphatic rings. The van der Waals surface area contributed by atoms with Crippen molar-refractivity contribution in [1.29, 1.82) is 0 Å². The molecule has 3 heterocycles. The largest absolute Gasteiger partial charge is 0.358 e. The van der Waals surface area contributed by atoms with Crippen LogP contribution in [0.2, 0.25) is 0 Å². The van der Waals surface area contributed by atoms with Crippen molar-refractivity contribution >= 4 is 5.82 Å². The van der Waals surface area contributed by atoms with Gasteiger partial charge in [0, 0.05) is 18.2 Å². The molecule has 1 aromatic heterocycles. The van der Waals surface area contributed by atoms with Gasteiger partial charge in [-0.1, -0.05) is 121 Å². The molecule has 5 aromatic rings. The summed E-state index contributed by atoms with van der Waals surface area (Å²) in [4.78, 5) is 17.6. The number of benzene rings is 4. The monoisotopic (exact) mass is 631 g/mol. The Labute approximate surface area is 273 Å². The first-order valence-electron chi connectivity index (χ1n) is 15.8. The number of fused-ring (bicyclic) bond motifs is 1. The van der Waals surface area contributed by atoms with Crippen molar-refractivity contribution in [2.24, 2.45) is 0 Å². The fourth-order valence-electron chi connectivity index (χ4n) is 6.73. The van der Waals surface area contributed by atoms with Crippen LogP contribution in [0.1, 0.15) is 47.9 Å². The Morgan fingerprint density at radius 3 is 1.85 bits per heavy atom. The molecule has 9 heteroatoms. The number of aromatic nitrogens is 2. The van der Waals surface area contributed by atoms with E-state index in [0.29, 0.717) is 12.0 Å². The molecule has 0 saturated carbocycles. The smallest absolute Gasteiger partial charge is 0.351 e. The first-order chi connectivity index (χ1) is 22.9. The molecule has 0 aliphatic carbocycles. The van der Waals surface area contributed by atoms with E-state index in [2.05, 4.69) is 46.9 Å². The van der Waals surface area contributed by atoms with E-state index in [4.69, 9.17) is 18.9 Å². The first-order valence-corrected chi connectivity index (χ1v) is 15.8. The standard InChI is InChI=1S/C38H37N3O6/c1-37(2)46-32-31(25-44-38(28-17-9-4-10-18-28,29-19-11-5-12-20-29)30-21-13-6-14-22-30)45-35(33(32)47-37)41-24-27(34(40-43)39-36(41)42)23-26-15-7-3-8-16-26/h3-22,24,31-33,35,43H,23,25H2,1-2H3,(H,39,40,42)/t31-,32-,33-,35-/m1/s1. The zero-order chi connectivity index (χ0) is 32.4. The third kappa shape index (κ3) is 6.00. The second kappa shape index (κ2) is 12.9. The van der Waals surface area contributed by atoms with Crippen molar-refractivity contribution < 1.29 is 24.2 Å². The van der Waals surface area contributed by atoms with Crippen LogP contribution >= 0.6 is 0 Å². The lowest BCUT2D eigenvalue weighted by atomic mass is 9.80. The molecule has 2 saturated heterocycles. The Balaban J connectivity index is 1.26. The molecule has 2 fully saturated rings. The van der Waals surface area contributed by atoms with Crippen LogP contribution in [0.25, 0.3) is 0 Å². The predicted molar refractivity (Wildman–Crippen MR) is 176 cm³/mol. The van der Waals surface area contributed by atoms with Crippen molar-refractivity contribution in [3.8, 4) is 0 Å². The van der Waals surface area contributed by atoms with Gasteiger partial charge in [-0.2, -0.15) is 4.98 Å². The Hall–Kier alpha value is -4.64. The molecule has 7 rings (SSSR count). The van der Waals surface area contributed by atoms with Gasteiger partial charge < -0.3 is 18.9 Å². The van der Waals surface area contributed by atoms with E-state index in [1.165, 1.54) is 4.57 Å². The van der Waals surface area contributed by atoms with Crippen LogP contribution in [-0.4, -0.2) is 45.5 Å². The highest BCUT2D eigenvalue weighted by Crippen LogP contribution is 2.45. The van der Waals surface area contributed by atoms with Gasteiger partial charge in [-0.15, -0.1) is 0 Å². The molecule has 0 unspecified atom stereocenters. The molecule has 2 aliphatic heterocycles. The third-order valence-corrected chi connectivity index (χ3v) is 8.78. The SMILES string of the molecule is CC1(C)O[C@@H]2[C@H](O1)[C@@H](COC(c1ccccc1)(c1ccccc1)c1ccccc1)O[C@H]2n1cc(Cc2ccccc2)c(NO)nc1=O. The van der Waals surface area contributed by atoms with Crippen molar-refractivity contribution in [2.75, 3.05) is 12.1 Å². The Kier molecular flexibility index (Phi) is 8.48. The Morgan fingerprint density at radius 1 is 0.809 bits per heavy atom. The second-order valence-electron chi connectivity index (χ2n) is 12.3. The quantitative estimate of drug-likeness (QED) is 0.142. The van der Waals surface area contributed by atoms with E-state index in [1.54, 1.807) is 6.20 Å². The fourth-order valence-corrected chi connectivity index (χ4v) is 6.73. The minimum absolute atomic E-state index is 0.0896. The highest BCUT2D eigenvalue weighted by atomic mass is 16.8. The summed E-state index contributed by atoms with van der Waals surface area (Å²) in [6.45, 7) is 3.83. The van der Waals surface area contributed by atoms with Crippen LogP contribution in [0.4, 0.5) is 5.82 Å². The Bertz CT molecular complexity index is 1750. The van der Waals surface area contributed by atoms with Crippen LogP contribution in [0.15, 0.2) is 132 Å². The van der Waals surface area contributed by atoms with Crippen LogP contribution in [0.3, 0.4) is 0 Å². The number of anilines is 1. The van der Waals surface area contributed by atoms with Gasteiger partial charge in [0.15, 0.2) is 17.8 Å². The van der Waals surface area contributed by atoms with E-state index in [-0.39, 0.29) is 12.4 Å². The maximum atomic E-state index is 13.4. The lowest BCUT2D eigenvalue weighted by Crippen LogP contribution is -2.39.